The fourth-order valence-electron chi connectivity index (χ4n) is 10.6. The average molecular weight is 685 g/mol. The molecule has 0 amide bonds. The average Bonchev–Trinajstić information content (AvgIpc) is 4.05. The highest BCUT2D eigenvalue weighted by atomic mass is 16.6. The lowest BCUT2D eigenvalue weighted by Gasteiger charge is -2.25. The third-order valence-corrected chi connectivity index (χ3v) is 14.2. The Morgan fingerprint density at radius 1 is 0.347 bits per heavy atom. The van der Waals surface area contributed by atoms with E-state index in [1.54, 1.807) is 0 Å². The first-order valence-electron chi connectivity index (χ1n) is 23.2. The molecule has 5 aliphatic rings. The largest absolute Gasteiger partial charge is 0.393 e. The van der Waals surface area contributed by atoms with Crippen LogP contribution in [0.25, 0.3) is 0 Å². The van der Waals surface area contributed by atoms with Gasteiger partial charge in [0.25, 0.3) is 0 Å². The predicted octanol–water partition coefficient (Wildman–Crippen LogP) is 13.8. The summed E-state index contributed by atoms with van der Waals surface area (Å²) in [6.45, 7) is 0. The number of ether oxygens (including phenoxy) is 2. The van der Waals surface area contributed by atoms with Crippen molar-refractivity contribution in [3.63, 3.8) is 0 Å². The Balaban J connectivity index is 0.832. The molecule has 49 heavy (non-hydrogen) atoms. The lowest BCUT2D eigenvalue weighted by atomic mass is 9.84. The van der Waals surface area contributed by atoms with E-state index in [9.17, 15) is 5.11 Å². The van der Waals surface area contributed by atoms with Gasteiger partial charge < -0.3 is 14.6 Å². The van der Waals surface area contributed by atoms with E-state index < -0.39 is 0 Å². The van der Waals surface area contributed by atoms with Crippen LogP contribution in [0.15, 0.2) is 0 Å². The first kappa shape index (κ1) is 40.1. The van der Waals surface area contributed by atoms with Crippen LogP contribution in [0, 0.1) is 23.7 Å². The summed E-state index contributed by atoms with van der Waals surface area (Å²) in [5.74, 6) is 3.87. The van der Waals surface area contributed by atoms with Crippen molar-refractivity contribution in [3.8, 4) is 0 Å². The summed E-state index contributed by atoms with van der Waals surface area (Å²) < 4.78 is 11.5. The van der Waals surface area contributed by atoms with Gasteiger partial charge in [0.2, 0.25) is 0 Å². The SMILES string of the molecule is OC1CCC(CCCCCCCCCC(CCCCCCCCCC2CCC3OC3C2)CCCCCCCCCC2CCC3OC3C2)CC1. The summed E-state index contributed by atoms with van der Waals surface area (Å²) in [5.41, 5.74) is 0. The monoisotopic (exact) mass is 685 g/mol. The van der Waals surface area contributed by atoms with Crippen molar-refractivity contribution in [2.75, 3.05) is 0 Å². The molecule has 3 nitrogen and oxygen atoms in total. The molecule has 5 rings (SSSR count). The zero-order valence-corrected chi connectivity index (χ0v) is 32.6. The van der Waals surface area contributed by atoms with E-state index in [1.165, 1.54) is 225 Å². The summed E-state index contributed by atoms with van der Waals surface area (Å²) in [6.07, 6.45) is 55.4. The third kappa shape index (κ3) is 17.5. The van der Waals surface area contributed by atoms with Gasteiger partial charge in [-0.1, -0.05) is 173 Å². The van der Waals surface area contributed by atoms with E-state index in [0.29, 0.717) is 24.4 Å². The van der Waals surface area contributed by atoms with Gasteiger partial charge in [0, 0.05) is 0 Å². The molecular weight excluding hydrogens is 601 g/mol. The highest BCUT2D eigenvalue weighted by molar-refractivity contribution is 4.92. The lowest BCUT2D eigenvalue weighted by molar-refractivity contribution is 0.106. The summed E-state index contributed by atoms with van der Waals surface area (Å²) >= 11 is 0. The van der Waals surface area contributed by atoms with Crippen molar-refractivity contribution >= 4 is 0 Å². The van der Waals surface area contributed by atoms with Crippen molar-refractivity contribution in [1.82, 2.24) is 0 Å². The van der Waals surface area contributed by atoms with Gasteiger partial charge in [0.05, 0.1) is 30.5 Å². The van der Waals surface area contributed by atoms with Crippen molar-refractivity contribution < 1.29 is 14.6 Å². The molecule has 6 unspecified atom stereocenters. The van der Waals surface area contributed by atoms with E-state index in [2.05, 4.69) is 0 Å². The Bertz CT molecular complexity index is 760. The van der Waals surface area contributed by atoms with Gasteiger partial charge in [0.1, 0.15) is 0 Å². The fourth-order valence-corrected chi connectivity index (χ4v) is 10.6. The molecule has 3 aliphatic carbocycles. The van der Waals surface area contributed by atoms with Gasteiger partial charge in [-0.15, -0.1) is 0 Å². The van der Waals surface area contributed by atoms with E-state index in [0.717, 1.165) is 36.5 Å². The van der Waals surface area contributed by atoms with Gasteiger partial charge in [0.15, 0.2) is 0 Å². The van der Waals surface area contributed by atoms with E-state index >= 15 is 0 Å². The number of hydrogen-bond acceptors (Lipinski definition) is 3. The number of fused-ring (bicyclic) bond motifs is 2. The van der Waals surface area contributed by atoms with Crippen molar-refractivity contribution in [1.29, 1.82) is 0 Å². The van der Waals surface area contributed by atoms with Gasteiger partial charge in [-0.2, -0.15) is 0 Å². The molecular formula is C46H84O3. The van der Waals surface area contributed by atoms with E-state index in [4.69, 9.17) is 9.47 Å². The third-order valence-electron chi connectivity index (χ3n) is 14.2. The Morgan fingerprint density at radius 2 is 0.673 bits per heavy atom. The molecule has 2 heterocycles. The second-order valence-electron chi connectivity index (χ2n) is 18.5. The second-order valence-corrected chi connectivity index (χ2v) is 18.5. The first-order chi connectivity index (χ1) is 24.2. The van der Waals surface area contributed by atoms with Crippen LogP contribution in [0.4, 0.5) is 0 Å². The van der Waals surface area contributed by atoms with Gasteiger partial charge in [-0.3, -0.25) is 0 Å². The number of aliphatic hydroxyl groups excluding tert-OH is 1. The van der Waals surface area contributed by atoms with Crippen LogP contribution in [-0.2, 0) is 9.47 Å². The van der Waals surface area contributed by atoms with Crippen LogP contribution in [0.3, 0.4) is 0 Å². The van der Waals surface area contributed by atoms with Crippen molar-refractivity contribution in [3.05, 3.63) is 0 Å². The molecule has 3 saturated carbocycles. The first-order valence-corrected chi connectivity index (χ1v) is 23.2. The second kappa shape index (κ2) is 24.2. The minimum atomic E-state index is 0.00545. The Kier molecular flexibility index (Phi) is 19.8. The highest BCUT2D eigenvalue weighted by Crippen LogP contribution is 2.42. The number of hydrogen-bond donors (Lipinski definition) is 1. The molecule has 0 radical (unpaired) electrons. The highest BCUT2D eigenvalue weighted by Gasteiger charge is 2.44. The van der Waals surface area contributed by atoms with Crippen LogP contribution in [0.5, 0.6) is 0 Å². The molecule has 2 aliphatic heterocycles. The molecule has 0 bridgehead atoms. The minimum Gasteiger partial charge on any atom is -0.393 e. The van der Waals surface area contributed by atoms with E-state index in [1.807, 2.05) is 0 Å². The molecule has 6 atom stereocenters. The maximum atomic E-state index is 9.74. The number of rotatable bonds is 30. The van der Waals surface area contributed by atoms with E-state index in [-0.39, 0.29) is 6.10 Å². The topological polar surface area (TPSA) is 45.3 Å². The standard InChI is InChI=1S/C46H84O3/c47-42-32-28-39(29-33-42)25-19-13-7-1-4-10-16-22-38(23-17-11-5-2-8-14-20-26-40-30-34-43-45(36-40)48-43)24-18-12-6-3-9-15-21-27-41-31-35-44-46(37-41)49-44/h38-47H,1-37H2. The van der Waals surface area contributed by atoms with Crippen molar-refractivity contribution in [2.45, 2.75) is 268 Å². The van der Waals surface area contributed by atoms with Gasteiger partial charge >= 0.3 is 0 Å². The normalized spacial score (nSPS) is 31.3. The summed E-state index contributed by atoms with van der Waals surface area (Å²) in [4.78, 5) is 0. The van der Waals surface area contributed by atoms with Gasteiger partial charge in [-0.05, 0) is 87.9 Å². The zero-order chi connectivity index (χ0) is 33.8. The Labute approximate surface area is 305 Å². The minimum absolute atomic E-state index is 0.00545. The smallest absolute Gasteiger partial charge is 0.0844 e. The fraction of sp³-hybridized carbons (Fsp3) is 1.00. The quantitative estimate of drug-likeness (QED) is 0.0605. The summed E-state index contributed by atoms with van der Waals surface area (Å²) in [6, 6.07) is 0. The zero-order valence-electron chi connectivity index (χ0n) is 32.6. The van der Waals surface area contributed by atoms with Crippen LogP contribution >= 0.6 is 0 Å². The molecule has 0 aromatic rings. The van der Waals surface area contributed by atoms with Crippen LogP contribution in [0.2, 0.25) is 0 Å². The van der Waals surface area contributed by atoms with Crippen molar-refractivity contribution in [2.24, 2.45) is 23.7 Å². The van der Waals surface area contributed by atoms with Gasteiger partial charge in [-0.25, -0.2) is 0 Å². The molecule has 3 heteroatoms. The number of unbranched alkanes of at least 4 members (excludes halogenated alkanes) is 18. The molecule has 0 aromatic heterocycles. The summed E-state index contributed by atoms with van der Waals surface area (Å²) in [7, 11) is 0. The van der Waals surface area contributed by atoms with Crippen LogP contribution in [0.1, 0.15) is 238 Å². The maximum Gasteiger partial charge on any atom is 0.0844 e. The molecule has 0 aromatic carbocycles. The number of aliphatic hydroxyl groups is 1. The predicted molar refractivity (Wildman–Crippen MR) is 208 cm³/mol. The summed E-state index contributed by atoms with van der Waals surface area (Å²) in [5, 5.41) is 9.74. The van der Waals surface area contributed by atoms with Crippen LogP contribution in [-0.4, -0.2) is 35.6 Å². The molecule has 286 valence electrons. The maximum absolute atomic E-state index is 9.74. The Morgan fingerprint density at radius 3 is 1.06 bits per heavy atom. The molecule has 0 spiro atoms. The molecule has 5 fully saturated rings. The molecule has 2 saturated heterocycles. The Hall–Kier alpha value is -0.120. The number of epoxide rings is 2. The lowest BCUT2D eigenvalue weighted by Crippen LogP contribution is -2.17. The molecule has 1 N–H and O–H groups in total. The van der Waals surface area contributed by atoms with Crippen LogP contribution < -0.4 is 0 Å².